The van der Waals surface area contributed by atoms with Gasteiger partial charge in [-0.1, -0.05) is 6.92 Å². The van der Waals surface area contributed by atoms with E-state index < -0.39 is 35.0 Å². The Morgan fingerprint density at radius 1 is 1.06 bits per heavy atom. The van der Waals surface area contributed by atoms with E-state index in [4.69, 9.17) is 14.2 Å². The number of esters is 1. The van der Waals surface area contributed by atoms with Gasteiger partial charge in [-0.15, -0.1) is 0 Å². The van der Waals surface area contributed by atoms with Gasteiger partial charge in [-0.25, -0.2) is 0 Å². The van der Waals surface area contributed by atoms with Crippen molar-refractivity contribution in [2.75, 3.05) is 13.7 Å². The fourth-order valence-corrected chi connectivity index (χ4v) is 9.02. The predicted octanol–water partition coefficient (Wildman–Crippen LogP) is 2.36. The quantitative estimate of drug-likeness (QED) is 0.652. The van der Waals surface area contributed by atoms with Crippen LogP contribution < -0.4 is 0 Å². The van der Waals surface area contributed by atoms with Crippen molar-refractivity contribution in [3.8, 4) is 0 Å². The summed E-state index contributed by atoms with van der Waals surface area (Å²) in [6, 6.07) is 0. The molecule has 0 aromatic rings. The fraction of sp³-hybridized carbons (Fsp3) is 0.917. The minimum atomic E-state index is -0.979. The van der Waals surface area contributed by atoms with Crippen molar-refractivity contribution in [3.05, 3.63) is 0 Å². The van der Waals surface area contributed by atoms with Gasteiger partial charge in [-0.3, -0.25) is 9.59 Å². The summed E-state index contributed by atoms with van der Waals surface area (Å²) in [5, 5.41) is 22.2. The van der Waals surface area contributed by atoms with Crippen molar-refractivity contribution >= 4 is 11.8 Å². The van der Waals surface area contributed by atoms with Gasteiger partial charge in [0.05, 0.1) is 22.7 Å². The highest BCUT2D eigenvalue weighted by Gasteiger charge is 2.79. The van der Waals surface area contributed by atoms with Crippen LogP contribution in [0.15, 0.2) is 0 Å². The largest absolute Gasteiger partial charge is 0.458 e. The van der Waals surface area contributed by atoms with Crippen LogP contribution in [0.2, 0.25) is 0 Å². The number of hydrogen-bond acceptors (Lipinski definition) is 7. The second-order valence-corrected chi connectivity index (χ2v) is 11.1. The molecule has 0 radical (unpaired) electrons. The van der Waals surface area contributed by atoms with Crippen molar-refractivity contribution in [1.82, 2.24) is 0 Å². The molecule has 5 rings (SSSR count). The maximum absolute atomic E-state index is 13.0. The molecular formula is C24H36O7. The molecule has 1 aliphatic heterocycles. The SMILES string of the molecule is CO[C@H]1O[C@]23CC[C@@]4(O)C[C@@H](O)CC[C@]14[C@@H]2CC[C@]1(C)[C@H](C(=O)COC(C)=O)CC[C@@H]13. The lowest BCUT2D eigenvalue weighted by atomic mass is 9.42. The standard InChI is InChI=1S/C24H36O7/c1-14(25)30-13-17(27)16-4-5-18-21(16,2)8-7-19-23-9-6-15(26)12-22(23,28)10-11-24(18,19)31-20(23)29-3/h15-16,18-20,26,28H,4-13H2,1-3H3/t15-,16-,18-,19-,20-,21+,22+,23-,24-/m0/s1. The Bertz CT molecular complexity index is 784. The topological polar surface area (TPSA) is 102 Å². The molecule has 1 saturated heterocycles. The van der Waals surface area contributed by atoms with E-state index in [1.54, 1.807) is 7.11 Å². The van der Waals surface area contributed by atoms with Gasteiger partial charge in [0.1, 0.15) is 6.61 Å². The number of aliphatic hydroxyl groups excluding tert-OH is 1. The lowest BCUT2D eigenvalue weighted by Crippen LogP contribution is -2.67. The Kier molecular flexibility index (Phi) is 4.92. The van der Waals surface area contributed by atoms with Crippen LogP contribution in [0.25, 0.3) is 0 Å². The first-order chi connectivity index (χ1) is 14.6. The molecule has 4 saturated carbocycles. The normalized spacial score (nSPS) is 52.7. The Morgan fingerprint density at radius 2 is 1.84 bits per heavy atom. The van der Waals surface area contributed by atoms with Gasteiger partial charge in [-0.2, -0.15) is 0 Å². The summed E-state index contributed by atoms with van der Waals surface area (Å²) in [4.78, 5) is 24.2. The van der Waals surface area contributed by atoms with Gasteiger partial charge in [0.25, 0.3) is 0 Å². The summed E-state index contributed by atoms with van der Waals surface area (Å²) in [6.07, 6.45) is 5.55. The monoisotopic (exact) mass is 436 g/mol. The summed E-state index contributed by atoms with van der Waals surface area (Å²) < 4.78 is 17.8. The third-order valence-electron chi connectivity index (χ3n) is 10.1. The fourth-order valence-electron chi connectivity index (χ4n) is 9.02. The summed E-state index contributed by atoms with van der Waals surface area (Å²) in [7, 11) is 1.66. The second kappa shape index (κ2) is 6.99. The zero-order valence-electron chi connectivity index (χ0n) is 18.9. The number of Topliss-reactive ketones (excluding diaryl/α,β-unsaturated/α-hetero) is 1. The van der Waals surface area contributed by atoms with Gasteiger partial charge in [0, 0.05) is 32.3 Å². The maximum Gasteiger partial charge on any atom is 0.303 e. The second-order valence-electron chi connectivity index (χ2n) is 11.1. The van der Waals surface area contributed by atoms with Crippen LogP contribution >= 0.6 is 0 Å². The molecule has 5 aliphatic rings. The van der Waals surface area contributed by atoms with Crippen molar-refractivity contribution in [2.24, 2.45) is 28.6 Å². The lowest BCUT2D eigenvalue weighted by Gasteiger charge is -2.63. The van der Waals surface area contributed by atoms with Crippen LogP contribution in [-0.4, -0.2) is 59.3 Å². The molecule has 9 atom stereocenters. The number of aliphatic hydroxyl groups is 2. The first kappa shape index (κ1) is 21.8. The first-order valence-corrected chi connectivity index (χ1v) is 11.9. The molecule has 31 heavy (non-hydrogen) atoms. The van der Waals surface area contributed by atoms with E-state index in [-0.39, 0.29) is 35.6 Å². The molecule has 0 amide bonds. The molecule has 5 fully saturated rings. The number of rotatable bonds is 4. The highest BCUT2D eigenvalue weighted by atomic mass is 16.7. The minimum absolute atomic E-state index is 0.0131. The van der Waals surface area contributed by atoms with Gasteiger partial charge in [0.2, 0.25) is 0 Å². The highest BCUT2D eigenvalue weighted by molar-refractivity contribution is 5.85. The van der Waals surface area contributed by atoms with E-state index >= 15 is 0 Å². The Balaban J connectivity index is 1.50. The average Bonchev–Trinajstić information content (AvgIpc) is 3.18. The highest BCUT2D eigenvalue weighted by Crippen LogP contribution is 2.75. The smallest absolute Gasteiger partial charge is 0.303 e. The van der Waals surface area contributed by atoms with Crippen LogP contribution in [0.5, 0.6) is 0 Å². The third kappa shape index (κ3) is 2.66. The molecular weight excluding hydrogens is 400 g/mol. The van der Waals surface area contributed by atoms with Crippen molar-refractivity contribution in [3.63, 3.8) is 0 Å². The van der Waals surface area contributed by atoms with E-state index in [2.05, 4.69) is 6.92 Å². The Morgan fingerprint density at radius 3 is 2.55 bits per heavy atom. The van der Waals surface area contributed by atoms with Crippen molar-refractivity contribution in [2.45, 2.75) is 95.2 Å². The Labute approximate surface area is 183 Å². The molecule has 2 N–H and O–H groups in total. The predicted molar refractivity (Wildman–Crippen MR) is 110 cm³/mol. The van der Waals surface area contributed by atoms with E-state index in [0.717, 1.165) is 32.1 Å². The number of methoxy groups -OCH3 is 1. The minimum Gasteiger partial charge on any atom is -0.458 e. The number of carbonyl (C=O) groups is 2. The summed E-state index contributed by atoms with van der Waals surface area (Å²) in [5.41, 5.74) is -2.09. The molecule has 7 nitrogen and oxygen atoms in total. The van der Waals surface area contributed by atoms with Gasteiger partial charge >= 0.3 is 5.97 Å². The van der Waals surface area contributed by atoms with Crippen molar-refractivity contribution in [1.29, 1.82) is 0 Å². The zero-order valence-corrected chi connectivity index (χ0v) is 18.9. The van der Waals surface area contributed by atoms with Gasteiger partial charge < -0.3 is 24.4 Å². The summed E-state index contributed by atoms with van der Waals surface area (Å²) in [6.45, 7) is 3.40. The van der Waals surface area contributed by atoms with Gasteiger partial charge in [-0.05, 0) is 62.7 Å². The molecule has 1 spiro atoms. The van der Waals surface area contributed by atoms with E-state index in [9.17, 15) is 19.8 Å². The number of fused-ring (bicyclic) bond motifs is 1. The van der Waals surface area contributed by atoms with Crippen LogP contribution in [0.4, 0.5) is 0 Å². The summed E-state index contributed by atoms with van der Waals surface area (Å²) in [5.74, 6) is -0.179. The lowest BCUT2D eigenvalue weighted by molar-refractivity contribution is -0.239. The van der Waals surface area contributed by atoms with Crippen LogP contribution in [-0.2, 0) is 23.8 Å². The summed E-state index contributed by atoms with van der Waals surface area (Å²) >= 11 is 0. The number of hydrogen-bond donors (Lipinski definition) is 2. The molecule has 0 unspecified atom stereocenters. The number of ether oxygens (including phenoxy) is 3. The van der Waals surface area contributed by atoms with E-state index in [1.807, 2.05) is 0 Å². The third-order valence-corrected chi connectivity index (χ3v) is 10.1. The average molecular weight is 437 g/mol. The van der Waals surface area contributed by atoms with Crippen molar-refractivity contribution < 1.29 is 34.0 Å². The Hall–Kier alpha value is -1.02. The van der Waals surface area contributed by atoms with E-state index in [1.165, 1.54) is 6.92 Å². The van der Waals surface area contributed by atoms with E-state index in [0.29, 0.717) is 25.7 Å². The number of ketones is 1. The maximum atomic E-state index is 13.0. The molecule has 2 bridgehead atoms. The molecule has 1 heterocycles. The van der Waals surface area contributed by atoms with Crippen LogP contribution in [0, 0.1) is 28.6 Å². The number of carbonyl (C=O) groups excluding carboxylic acids is 2. The zero-order chi connectivity index (χ0) is 22.2. The molecule has 174 valence electrons. The van der Waals surface area contributed by atoms with Crippen LogP contribution in [0.3, 0.4) is 0 Å². The molecule has 0 aromatic heterocycles. The van der Waals surface area contributed by atoms with Gasteiger partial charge in [0.15, 0.2) is 12.1 Å². The first-order valence-electron chi connectivity index (χ1n) is 11.9. The molecule has 7 heteroatoms. The molecule has 0 aromatic carbocycles. The van der Waals surface area contributed by atoms with Crippen LogP contribution in [0.1, 0.15) is 71.6 Å². The molecule has 4 aliphatic carbocycles.